The fourth-order valence-corrected chi connectivity index (χ4v) is 2.73. The molecule has 2 fully saturated rings. The van der Waals surface area contributed by atoms with Crippen LogP contribution in [0.5, 0.6) is 0 Å². The maximum absolute atomic E-state index is 11.8. The van der Waals surface area contributed by atoms with Gasteiger partial charge >= 0.3 is 6.03 Å². The van der Waals surface area contributed by atoms with E-state index in [4.69, 9.17) is 4.74 Å². The van der Waals surface area contributed by atoms with E-state index < -0.39 is 0 Å². The molecule has 20 heavy (non-hydrogen) atoms. The number of nitrogens with one attached hydrogen (secondary N) is 2. The average molecular weight is 275 g/mol. The maximum atomic E-state index is 11.8. The zero-order valence-electron chi connectivity index (χ0n) is 11.6. The van der Waals surface area contributed by atoms with Gasteiger partial charge in [-0.2, -0.15) is 0 Å². The molecule has 2 aliphatic rings. The van der Waals surface area contributed by atoms with Crippen LogP contribution in [0.1, 0.15) is 19.3 Å². The van der Waals surface area contributed by atoms with E-state index in [1.54, 1.807) is 0 Å². The van der Waals surface area contributed by atoms with Crippen LogP contribution in [0.25, 0.3) is 0 Å². The summed E-state index contributed by atoms with van der Waals surface area (Å²) in [5, 5.41) is 5.77. The number of anilines is 2. The van der Waals surface area contributed by atoms with Crippen molar-refractivity contribution in [2.24, 2.45) is 0 Å². The largest absolute Gasteiger partial charge is 0.379 e. The molecular weight excluding hydrogens is 254 g/mol. The zero-order valence-corrected chi connectivity index (χ0v) is 11.6. The summed E-state index contributed by atoms with van der Waals surface area (Å²) < 4.78 is 5.23. The molecule has 5 nitrogen and oxygen atoms in total. The molecule has 0 radical (unpaired) electrons. The van der Waals surface area contributed by atoms with Crippen LogP contribution in [0, 0.1) is 0 Å². The number of urea groups is 1. The molecule has 0 aromatic heterocycles. The lowest BCUT2D eigenvalue weighted by atomic mass is 10.2. The second-order valence-corrected chi connectivity index (χ2v) is 5.40. The fraction of sp³-hybridized carbons (Fsp3) is 0.533. The number of hydrogen-bond acceptors (Lipinski definition) is 3. The lowest BCUT2D eigenvalue weighted by Crippen LogP contribution is -2.38. The van der Waals surface area contributed by atoms with Crippen molar-refractivity contribution in [2.45, 2.75) is 25.3 Å². The highest BCUT2D eigenvalue weighted by molar-refractivity contribution is 5.89. The van der Waals surface area contributed by atoms with Crippen molar-refractivity contribution < 1.29 is 9.53 Å². The van der Waals surface area contributed by atoms with Crippen molar-refractivity contribution in [1.82, 2.24) is 5.32 Å². The van der Waals surface area contributed by atoms with Gasteiger partial charge in [0.2, 0.25) is 0 Å². The standard InChI is InChI=1S/C15H21N3O2/c19-15(17-13-7-10-20-11-13)16-12-3-5-14(6-4-12)18-8-1-2-9-18/h3-6,13H,1-2,7-11H2,(H2,16,17,19). The van der Waals surface area contributed by atoms with Crippen LogP contribution in [0.15, 0.2) is 24.3 Å². The van der Waals surface area contributed by atoms with Crippen LogP contribution in [0.2, 0.25) is 0 Å². The molecule has 1 atom stereocenters. The third-order valence-electron chi connectivity index (χ3n) is 3.86. The molecule has 0 spiro atoms. The Bertz CT molecular complexity index is 449. The summed E-state index contributed by atoms with van der Waals surface area (Å²) in [6.07, 6.45) is 3.43. The van der Waals surface area contributed by atoms with Crippen molar-refractivity contribution in [1.29, 1.82) is 0 Å². The van der Waals surface area contributed by atoms with Crippen LogP contribution in [0.3, 0.4) is 0 Å². The molecule has 2 saturated heterocycles. The monoisotopic (exact) mass is 275 g/mol. The van der Waals surface area contributed by atoms with Gasteiger partial charge in [0.15, 0.2) is 0 Å². The summed E-state index contributed by atoms with van der Waals surface area (Å²) in [5.41, 5.74) is 2.06. The Labute approximate surface area is 119 Å². The van der Waals surface area contributed by atoms with Gasteiger partial charge in [-0.3, -0.25) is 0 Å². The molecule has 2 N–H and O–H groups in total. The number of amides is 2. The first-order valence-corrected chi connectivity index (χ1v) is 7.31. The number of benzene rings is 1. The SMILES string of the molecule is O=C(Nc1ccc(N2CCCC2)cc1)NC1CCOC1. The number of nitrogens with zero attached hydrogens (tertiary/aromatic N) is 1. The van der Waals surface area contributed by atoms with E-state index in [-0.39, 0.29) is 12.1 Å². The highest BCUT2D eigenvalue weighted by Gasteiger charge is 2.17. The molecule has 3 rings (SSSR count). The second-order valence-electron chi connectivity index (χ2n) is 5.40. The molecule has 2 aliphatic heterocycles. The van der Waals surface area contributed by atoms with E-state index in [2.05, 4.69) is 27.7 Å². The Hall–Kier alpha value is -1.75. The highest BCUT2D eigenvalue weighted by Crippen LogP contribution is 2.22. The predicted octanol–water partition coefficient (Wildman–Crippen LogP) is 2.20. The van der Waals surface area contributed by atoms with Crippen LogP contribution < -0.4 is 15.5 Å². The minimum atomic E-state index is -0.158. The van der Waals surface area contributed by atoms with Gasteiger partial charge in [-0.05, 0) is 43.5 Å². The van der Waals surface area contributed by atoms with Gasteiger partial charge in [0.05, 0.1) is 12.6 Å². The van der Waals surface area contributed by atoms with Gasteiger partial charge in [0.25, 0.3) is 0 Å². The molecule has 0 aliphatic carbocycles. The lowest BCUT2D eigenvalue weighted by molar-refractivity contribution is 0.189. The van der Waals surface area contributed by atoms with E-state index in [0.29, 0.717) is 6.61 Å². The molecule has 1 aromatic rings. The summed E-state index contributed by atoms with van der Waals surface area (Å²) in [4.78, 5) is 14.2. The number of carbonyl (C=O) groups is 1. The van der Waals surface area contributed by atoms with Gasteiger partial charge in [-0.25, -0.2) is 4.79 Å². The summed E-state index contributed by atoms with van der Waals surface area (Å²) in [7, 11) is 0. The Morgan fingerprint density at radius 2 is 1.95 bits per heavy atom. The van der Waals surface area contributed by atoms with E-state index in [9.17, 15) is 4.79 Å². The third kappa shape index (κ3) is 3.22. The molecule has 2 amide bonds. The van der Waals surface area contributed by atoms with Crippen molar-refractivity contribution >= 4 is 17.4 Å². The maximum Gasteiger partial charge on any atom is 0.319 e. The third-order valence-corrected chi connectivity index (χ3v) is 3.86. The number of ether oxygens (including phenoxy) is 1. The van der Waals surface area contributed by atoms with Crippen LogP contribution in [-0.2, 0) is 4.74 Å². The number of carbonyl (C=O) groups excluding carboxylic acids is 1. The van der Waals surface area contributed by atoms with Crippen molar-refractivity contribution in [3.05, 3.63) is 24.3 Å². The van der Waals surface area contributed by atoms with Crippen LogP contribution in [0.4, 0.5) is 16.2 Å². The number of rotatable bonds is 3. The normalized spacial score (nSPS) is 22.0. The molecule has 0 saturated carbocycles. The van der Waals surface area contributed by atoms with Gasteiger partial charge in [0.1, 0.15) is 0 Å². The molecule has 108 valence electrons. The van der Waals surface area contributed by atoms with Crippen molar-refractivity contribution in [3.8, 4) is 0 Å². The summed E-state index contributed by atoms with van der Waals surface area (Å²) >= 11 is 0. The summed E-state index contributed by atoms with van der Waals surface area (Å²) in [5.74, 6) is 0. The van der Waals surface area contributed by atoms with Gasteiger partial charge in [-0.1, -0.05) is 0 Å². The highest BCUT2D eigenvalue weighted by atomic mass is 16.5. The zero-order chi connectivity index (χ0) is 13.8. The first kappa shape index (κ1) is 13.2. The van der Waals surface area contributed by atoms with Gasteiger partial charge in [-0.15, -0.1) is 0 Å². The minimum absolute atomic E-state index is 0.138. The molecular formula is C15H21N3O2. The van der Waals surface area contributed by atoms with Gasteiger partial charge < -0.3 is 20.3 Å². The molecule has 1 unspecified atom stereocenters. The Morgan fingerprint density at radius 3 is 2.60 bits per heavy atom. The van der Waals surface area contributed by atoms with Crippen molar-refractivity contribution in [3.63, 3.8) is 0 Å². The Balaban J connectivity index is 1.53. The molecule has 2 heterocycles. The van der Waals surface area contributed by atoms with E-state index >= 15 is 0 Å². The van der Waals surface area contributed by atoms with Crippen LogP contribution >= 0.6 is 0 Å². The Kier molecular flexibility index (Phi) is 4.06. The summed E-state index contributed by atoms with van der Waals surface area (Å²) in [6.45, 7) is 3.61. The minimum Gasteiger partial charge on any atom is -0.379 e. The van der Waals surface area contributed by atoms with Crippen LogP contribution in [-0.4, -0.2) is 38.4 Å². The van der Waals surface area contributed by atoms with Crippen molar-refractivity contribution in [2.75, 3.05) is 36.5 Å². The number of hydrogen-bond donors (Lipinski definition) is 2. The quantitative estimate of drug-likeness (QED) is 0.889. The Morgan fingerprint density at radius 1 is 1.20 bits per heavy atom. The predicted molar refractivity (Wildman–Crippen MR) is 79.3 cm³/mol. The molecule has 5 heteroatoms. The topological polar surface area (TPSA) is 53.6 Å². The van der Waals surface area contributed by atoms with E-state index in [1.807, 2.05) is 12.1 Å². The smallest absolute Gasteiger partial charge is 0.319 e. The van der Waals surface area contributed by atoms with E-state index in [0.717, 1.165) is 31.8 Å². The summed E-state index contributed by atoms with van der Waals surface area (Å²) in [6, 6.07) is 8.03. The lowest BCUT2D eigenvalue weighted by Gasteiger charge is -2.18. The average Bonchev–Trinajstić information content (AvgIpc) is 3.12. The fourth-order valence-electron chi connectivity index (χ4n) is 2.73. The first-order valence-electron chi connectivity index (χ1n) is 7.31. The molecule has 1 aromatic carbocycles. The first-order chi connectivity index (χ1) is 9.81. The van der Waals surface area contributed by atoms with Gasteiger partial charge in [0, 0.05) is 31.1 Å². The molecule has 0 bridgehead atoms. The van der Waals surface area contributed by atoms with E-state index in [1.165, 1.54) is 18.5 Å². The second kappa shape index (κ2) is 6.13.